The first-order valence-electron chi connectivity index (χ1n) is 5.97. The van der Waals surface area contributed by atoms with Gasteiger partial charge in [-0.25, -0.2) is 0 Å². The van der Waals surface area contributed by atoms with Crippen molar-refractivity contribution in [3.63, 3.8) is 0 Å². The number of hydrogen-bond acceptors (Lipinski definition) is 4. The maximum atomic E-state index is 11.5. The maximum absolute atomic E-state index is 11.5. The maximum Gasteiger partial charge on any atom is 0.308 e. The van der Waals surface area contributed by atoms with Gasteiger partial charge in [-0.3, -0.25) is 9.59 Å². The molecule has 0 aliphatic carbocycles. The molecule has 16 heavy (non-hydrogen) atoms. The molecule has 0 saturated carbocycles. The Labute approximate surface area is 97.3 Å². The lowest BCUT2D eigenvalue weighted by Crippen LogP contribution is -2.19. The summed E-state index contributed by atoms with van der Waals surface area (Å²) in [6.07, 6.45) is 2.48. The minimum absolute atomic E-state index is 0.172. The molecule has 0 aliphatic heterocycles. The van der Waals surface area contributed by atoms with E-state index in [1.165, 1.54) is 0 Å². The molecule has 0 spiro atoms. The average Bonchev–Trinajstić information content (AvgIpc) is 2.24. The smallest absolute Gasteiger partial charge is 0.308 e. The van der Waals surface area contributed by atoms with Gasteiger partial charge in [0.25, 0.3) is 0 Å². The minimum atomic E-state index is -0.243. The highest BCUT2D eigenvalue weighted by Gasteiger charge is 2.20. The first-order valence-corrected chi connectivity index (χ1v) is 5.97. The lowest BCUT2D eigenvalue weighted by atomic mass is 9.98. The lowest BCUT2D eigenvalue weighted by Gasteiger charge is -2.13. The molecule has 94 valence electrons. The van der Waals surface area contributed by atoms with Crippen LogP contribution in [-0.2, 0) is 19.1 Å². The molecule has 1 unspecified atom stereocenters. The van der Waals surface area contributed by atoms with Crippen molar-refractivity contribution >= 4 is 11.9 Å². The van der Waals surface area contributed by atoms with E-state index in [1.54, 1.807) is 13.8 Å². The summed E-state index contributed by atoms with van der Waals surface area (Å²) in [4.78, 5) is 22.7. The van der Waals surface area contributed by atoms with Crippen LogP contribution < -0.4 is 0 Å². The number of esters is 2. The third-order valence-corrected chi connectivity index (χ3v) is 2.26. The van der Waals surface area contributed by atoms with E-state index < -0.39 is 0 Å². The number of rotatable bonds is 8. The van der Waals surface area contributed by atoms with Gasteiger partial charge in [-0.1, -0.05) is 13.3 Å². The summed E-state index contributed by atoms with van der Waals surface area (Å²) >= 11 is 0. The van der Waals surface area contributed by atoms with Gasteiger partial charge in [0.1, 0.15) is 0 Å². The first-order chi connectivity index (χ1) is 7.65. The molecule has 0 aliphatic rings. The largest absolute Gasteiger partial charge is 0.466 e. The van der Waals surface area contributed by atoms with Gasteiger partial charge in [-0.2, -0.15) is 0 Å². The van der Waals surface area contributed by atoms with E-state index in [1.807, 2.05) is 6.92 Å². The SMILES string of the molecule is CCCC(CCC(=O)OCC)C(=O)OCC. The molecule has 0 aromatic rings. The molecule has 4 nitrogen and oxygen atoms in total. The third-order valence-electron chi connectivity index (χ3n) is 2.26. The normalized spacial score (nSPS) is 11.9. The fraction of sp³-hybridized carbons (Fsp3) is 0.833. The highest BCUT2D eigenvalue weighted by atomic mass is 16.5. The lowest BCUT2D eigenvalue weighted by molar-refractivity contribution is -0.149. The van der Waals surface area contributed by atoms with Crippen molar-refractivity contribution in [2.75, 3.05) is 13.2 Å². The molecule has 0 fully saturated rings. The van der Waals surface area contributed by atoms with Gasteiger partial charge in [0.15, 0.2) is 0 Å². The summed E-state index contributed by atoms with van der Waals surface area (Å²) < 4.78 is 9.78. The van der Waals surface area contributed by atoms with E-state index in [2.05, 4.69) is 0 Å². The Morgan fingerprint density at radius 3 is 2.12 bits per heavy atom. The van der Waals surface area contributed by atoms with Crippen molar-refractivity contribution in [1.29, 1.82) is 0 Å². The van der Waals surface area contributed by atoms with Crippen molar-refractivity contribution in [3.05, 3.63) is 0 Å². The summed E-state index contributed by atoms with van der Waals surface area (Å²) in [5.41, 5.74) is 0. The number of hydrogen-bond donors (Lipinski definition) is 0. The quantitative estimate of drug-likeness (QED) is 0.600. The average molecular weight is 230 g/mol. The topological polar surface area (TPSA) is 52.6 Å². The fourth-order valence-corrected chi connectivity index (χ4v) is 1.51. The predicted molar refractivity (Wildman–Crippen MR) is 60.9 cm³/mol. The highest BCUT2D eigenvalue weighted by Crippen LogP contribution is 2.16. The molecule has 1 atom stereocenters. The molecule has 0 saturated heterocycles. The Hall–Kier alpha value is -1.06. The highest BCUT2D eigenvalue weighted by molar-refractivity contribution is 5.74. The van der Waals surface area contributed by atoms with Gasteiger partial charge >= 0.3 is 11.9 Å². The van der Waals surface area contributed by atoms with Crippen molar-refractivity contribution in [3.8, 4) is 0 Å². The summed E-state index contributed by atoms with van der Waals surface area (Å²) in [5.74, 6) is -0.615. The van der Waals surface area contributed by atoms with Crippen LogP contribution in [-0.4, -0.2) is 25.2 Å². The van der Waals surface area contributed by atoms with E-state index in [-0.39, 0.29) is 24.3 Å². The van der Waals surface area contributed by atoms with Crippen LogP contribution in [0.2, 0.25) is 0 Å². The van der Waals surface area contributed by atoms with Crippen molar-refractivity contribution < 1.29 is 19.1 Å². The molecule has 0 aromatic carbocycles. The van der Waals surface area contributed by atoms with Gasteiger partial charge in [0, 0.05) is 6.42 Å². The minimum Gasteiger partial charge on any atom is -0.466 e. The van der Waals surface area contributed by atoms with E-state index >= 15 is 0 Å². The van der Waals surface area contributed by atoms with Crippen molar-refractivity contribution in [2.24, 2.45) is 5.92 Å². The number of carbonyl (C=O) groups excluding carboxylic acids is 2. The van der Waals surface area contributed by atoms with Gasteiger partial charge in [0.05, 0.1) is 19.1 Å². The molecule has 0 bridgehead atoms. The van der Waals surface area contributed by atoms with Gasteiger partial charge in [-0.05, 0) is 26.7 Å². The Kier molecular flexibility index (Phi) is 8.58. The van der Waals surface area contributed by atoms with E-state index in [9.17, 15) is 9.59 Å². The Bertz CT molecular complexity index is 213. The molecule has 0 rings (SSSR count). The number of ether oxygens (including phenoxy) is 2. The monoisotopic (exact) mass is 230 g/mol. The number of carbonyl (C=O) groups is 2. The van der Waals surface area contributed by atoms with Crippen LogP contribution in [0.5, 0.6) is 0 Å². The Morgan fingerprint density at radius 2 is 1.62 bits per heavy atom. The van der Waals surface area contributed by atoms with Gasteiger partial charge in [-0.15, -0.1) is 0 Å². The van der Waals surface area contributed by atoms with Crippen molar-refractivity contribution in [2.45, 2.75) is 46.5 Å². The molecular formula is C12H22O4. The molecule has 0 heterocycles. The second kappa shape index (κ2) is 9.19. The fourth-order valence-electron chi connectivity index (χ4n) is 1.51. The molecule has 0 N–H and O–H groups in total. The zero-order valence-corrected chi connectivity index (χ0v) is 10.5. The molecule has 0 amide bonds. The van der Waals surface area contributed by atoms with Crippen LogP contribution in [0.3, 0.4) is 0 Å². The van der Waals surface area contributed by atoms with Crippen molar-refractivity contribution in [1.82, 2.24) is 0 Å². The van der Waals surface area contributed by atoms with E-state index in [0.717, 1.165) is 12.8 Å². The van der Waals surface area contributed by atoms with Crippen LogP contribution in [0.15, 0.2) is 0 Å². The van der Waals surface area contributed by atoms with E-state index in [4.69, 9.17) is 9.47 Å². The van der Waals surface area contributed by atoms with Gasteiger partial charge < -0.3 is 9.47 Å². The van der Waals surface area contributed by atoms with E-state index in [0.29, 0.717) is 19.6 Å². The van der Waals surface area contributed by atoms with Crippen LogP contribution in [0, 0.1) is 5.92 Å². The van der Waals surface area contributed by atoms with Crippen LogP contribution in [0.1, 0.15) is 46.5 Å². The van der Waals surface area contributed by atoms with Gasteiger partial charge in [0.2, 0.25) is 0 Å². The summed E-state index contributed by atoms with van der Waals surface area (Å²) in [5, 5.41) is 0. The summed E-state index contributed by atoms with van der Waals surface area (Å²) in [6, 6.07) is 0. The third kappa shape index (κ3) is 6.43. The second-order valence-electron chi connectivity index (χ2n) is 3.58. The standard InChI is InChI=1S/C12H22O4/c1-4-7-10(12(14)16-6-3)8-9-11(13)15-5-2/h10H,4-9H2,1-3H3. The summed E-state index contributed by atoms with van der Waals surface area (Å²) in [6.45, 7) is 6.34. The molecule has 0 aromatic heterocycles. The predicted octanol–water partition coefficient (Wildman–Crippen LogP) is 2.31. The Balaban J connectivity index is 4.02. The van der Waals surface area contributed by atoms with Crippen LogP contribution in [0.4, 0.5) is 0 Å². The van der Waals surface area contributed by atoms with Crippen LogP contribution in [0.25, 0.3) is 0 Å². The van der Waals surface area contributed by atoms with Crippen LogP contribution >= 0.6 is 0 Å². The molecular weight excluding hydrogens is 208 g/mol. The first kappa shape index (κ1) is 14.9. The molecule has 4 heteroatoms. The summed E-state index contributed by atoms with van der Waals surface area (Å²) in [7, 11) is 0. The zero-order valence-electron chi connectivity index (χ0n) is 10.5. The molecule has 0 radical (unpaired) electrons. The zero-order chi connectivity index (χ0) is 12.4. The second-order valence-corrected chi connectivity index (χ2v) is 3.58. The Morgan fingerprint density at radius 1 is 1.00 bits per heavy atom.